The summed E-state index contributed by atoms with van der Waals surface area (Å²) < 4.78 is 0. The number of carboxylic acids is 3. The van der Waals surface area contributed by atoms with E-state index in [9.17, 15) is 4.79 Å². The van der Waals surface area contributed by atoms with Gasteiger partial charge in [-0.15, -0.1) is 0 Å². The summed E-state index contributed by atoms with van der Waals surface area (Å²) in [6.45, 7) is 4.44. The Morgan fingerprint density at radius 1 is 0.552 bits per heavy atom. The minimum atomic E-state index is -0.833. The summed E-state index contributed by atoms with van der Waals surface area (Å²) in [4.78, 5) is 28.3. The summed E-state index contributed by atoms with van der Waals surface area (Å²) in [5.41, 5.74) is 0. The van der Waals surface area contributed by atoms with Crippen molar-refractivity contribution in [2.75, 3.05) is 0 Å². The smallest absolute Gasteiger partial charge is 1.00 e. The fourth-order valence-electron chi connectivity index (χ4n) is 2.65. The number of hydrogen-bond donors (Lipinski definition) is 3. The van der Waals surface area contributed by atoms with E-state index in [0.29, 0.717) is 6.42 Å². The molecule has 6 nitrogen and oxygen atoms in total. The Labute approximate surface area is 210 Å². The second-order valence-corrected chi connectivity index (χ2v) is 7.13. The van der Waals surface area contributed by atoms with Crippen LogP contribution in [0.5, 0.6) is 0 Å². The van der Waals surface area contributed by atoms with Gasteiger partial charge in [0.05, 0.1) is 0 Å². The molecule has 0 aromatic carbocycles. The van der Waals surface area contributed by atoms with Crippen molar-refractivity contribution in [2.24, 2.45) is 0 Å². The third kappa shape index (κ3) is 65.6. The molecule has 0 spiro atoms. The number of unbranched alkanes of at least 4 members (excludes halogenated alkanes) is 14. The molecule has 29 heavy (non-hydrogen) atoms. The van der Waals surface area contributed by atoms with Crippen molar-refractivity contribution >= 4 is 55.6 Å². The molecule has 0 amide bonds. The van der Waals surface area contributed by atoms with Crippen LogP contribution in [0.3, 0.4) is 0 Å². The fourth-order valence-corrected chi connectivity index (χ4v) is 2.65. The van der Waals surface area contributed by atoms with Crippen molar-refractivity contribution in [2.45, 2.75) is 124 Å². The van der Waals surface area contributed by atoms with Crippen LogP contribution in [0.4, 0.5) is 0 Å². The summed E-state index contributed by atoms with van der Waals surface area (Å²) >= 11 is 0. The molecule has 0 aliphatic heterocycles. The van der Waals surface area contributed by atoms with Gasteiger partial charge in [0.25, 0.3) is 11.9 Å². The van der Waals surface area contributed by atoms with Gasteiger partial charge in [0.1, 0.15) is 0 Å². The van der Waals surface area contributed by atoms with Crippen molar-refractivity contribution in [3.63, 3.8) is 0 Å². The zero-order valence-corrected chi connectivity index (χ0v) is 21.3. The second-order valence-electron chi connectivity index (χ2n) is 7.13. The molecule has 172 valence electrons. The van der Waals surface area contributed by atoms with Crippen molar-refractivity contribution < 1.29 is 32.6 Å². The average Bonchev–Trinajstić information content (AvgIpc) is 2.57. The number of carbonyl (C=O) groups is 3. The summed E-state index contributed by atoms with van der Waals surface area (Å²) in [5, 5.41) is 23.4. The maximum Gasteiger partial charge on any atom is 2.00 e. The van der Waals surface area contributed by atoms with Crippen LogP contribution < -0.4 is 0 Å². The molecule has 0 rings (SSSR count). The van der Waals surface area contributed by atoms with Crippen LogP contribution in [-0.4, -0.2) is 71.0 Å². The van der Waals surface area contributed by atoms with E-state index in [1.165, 1.54) is 83.5 Å². The van der Waals surface area contributed by atoms with Gasteiger partial charge < -0.3 is 18.2 Å². The predicted molar refractivity (Wildman–Crippen MR) is 122 cm³/mol. The van der Waals surface area contributed by atoms with E-state index in [4.69, 9.17) is 24.9 Å². The summed E-state index contributed by atoms with van der Waals surface area (Å²) in [7, 11) is 0. The normalized spacial score (nSPS) is 9.21. The van der Waals surface area contributed by atoms with Crippen LogP contribution in [0.2, 0.25) is 0 Å². The van der Waals surface area contributed by atoms with Crippen LogP contribution in [0.1, 0.15) is 126 Å². The number of hydrogen-bond acceptors (Lipinski definition) is 3. The Bertz CT molecular complexity index is 352. The number of rotatable bonds is 16. The van der Waals surface area contributed by atoms with Crippen LogP contribution in [0, 0.1) is 0 Å². The Morgan fingerprint density at radius 2 is 0.759 bits per heavy atom. The van der Waals surface area contributed by atoms with E-state index >= 15 is 0 Å². The Balaban J connectivity index is -0.000000122. The molecule has 7 heteroatoms. The van der Waals surface area contributed by atoms with Crippen molar-refractivity contribution in [1.82, 2.24) is 0 Å². The molecule has 3 N–H and O–H groups in total. The molecule has 0 atom stereocenters. The molecule has 0 bridgehead atoms. The first-order valence-corrected chi connectivity index (χ1v) is 10.8. The largest absolute Gasteiger partial charge is 2.00 e. The van der Waals surface area contributed by atoms with Gasteiger partial charge in [-0.3, -0.25) is 14.4 Å². The summed E-state index contributed by atoms with van der Waals surface area (Å²) in [6.07, 6.45) is 20.2. The molecule has 0 fully saturated rings. The third-order valence-corrected chi connectivity index (χ3v) is 3.99. The minimum absolute atomic E-state index is 0. The Kier molecular flexibility index (Phi) is 40.2. The van der Waals surface area contributed by atoms with E-state index in [2.05, 4.69) is 6.92 Å². The Hall–Kier alpha value is -0.330. The zero-order chi connectivity index (χ0) is 22.0. The molecule has 0 heterocycles. The first-order valence-electron chi connectivity index (χ1n) is 10.8. The topological polar surface area (TPSA) is 112 Å². The van der Waals surface area contributed by atoms with E-state index < -0.39 is 17.9 Å². The van der Waals surface area contributed by atoms with Gasteiger partial charge in [-0.1, -0.05) is 96.8 Å². The first-order chi connectivity index (χ1) is 13.2. The van der Waals surface area contributed by atoms with Crippen LogP contribution in [0.15, 0.2) is 0 Å². The second kappa shape index (κ2) is 32.3. The van der Waals surface area contributed by atoms with Gasteiger partial charge in [0.15, 0.2) is 0 Å². The molecular weight excluding hydrogens is 400 g/mol. The summed E-state index contributed by atoms with van der Waals surface area (Å²) in [6, 6.07) is 0. The minimum Gasteiger partial charge on any atom is -1.00 e. The van der Waals surface area contributed by atoms with E-state index in [1.807, 2.05) is 0 Å². The molecule has 0 aliphatic rings. The number of carboxylic acid groups (broad SMARTS) is 3. The third-order valence-electron chi connectivity index (χ3n) is 3.99. The number of aliphatic carboxylic acids is 3. The molecule has 0 aliphatic carbocycles. The molecule has 0 saturated carbocycles. The molecular formula is C22H46CaO6. The van der Waals surface area contributed by atoms with Crippen molar-refractivity contribution in [1.29, 1.82) is 0 Å². The van der Waals surface area contributed by atoms with Gasteiger partial charge >= 0.3 is 43.7 Å². The monoisotopic (exact) mass is 446 g/mol. The van der Waals surface area contributed by atoms with E-state index in [-0.39, 0.29) is 40.6 Å². The van der Waals surface area contributed by atoms with Crippen molar-refractivity contribution in [3.05, 3.63) is 0 Å². The quantitative estimate of drug-likeness (QED) is 0.188. The molecule has 0 unspecified atom stereocenters. The van der Waals surface area contributed by atoms with Crippen LogP contribution >= 0.6 is 0 Å². The van der Waals surface area contributed by atoms with Gasteiger partial charge in [0, 0.05) is 20.3 Å². The fraction of sp³-hybridized carbons (Fsp3) is 0.864. The average molecular weight is 447 g/mol. The SMILES string of the molecule is CC(=O)O.CC(=O)O.CCCCCCCCCCCCCCCCCC(=O)O.[Ca+2].[H-].[H-]. The maximum atomic E-state index is 10.3. The summed E-state index contributed by atoms with van der Waals surface area (Å²) in [5.74, 6) is -2.32. The standard InChI is InChI=1S/C18H36O2.2C2H4O2.Ca.2H/c1-2-3-4-5-6-7-8-9-10-11-12-13-14-15-16-17-18(19)20;2*1-2(3)4;;;/h2-17H2,1H3,(H,19,20);2*1H3,(H,3,4);;;/q;;;+2;2*-1. The van der Waals surface area contributed by atoms with Gasteiger partial charge in [-0.2, -0.15) is 0 Å². The predicted octanol–water partition coefficient (Wildman–Crippen LogP) is 6.36. The first kappa shape index (κ1) is 36.1. The molecule has 0 saturated heterocycles. The molecule has 0 aromatic heterocycles. The van der Waals surface area contributed by atoms with Gasteiger partial charge in [-0.05, 0) is 6.42 Å². The van der Waals surface area contributed by atoms with E-state index in [0.717, 1.165) is 26.7 Å². The zero-order valence-electron chi connectivity index (χ0n) is 21.1. The van der Waals surface area contributed by atoms with E-state index in [1.54, 1.807) is 0 Å². The Morgan fingerprint density at radius 3 is 0.966 bits per heavy atom. The molecule has 0 radical (unpaired) electrons. The van der Waals surface area contributed by atoms with Gasteiger partial charge in [-0.25, -0.2) is 0 Å². The van der Waals surface area contributed by atoms with Crippen LogP contribution in [-0.2, 0) is 14.4 Å². The molecule has 0 aromatic rings. The maximum absolute atomic E-state index is 10.3. The van der Waals surface area contributed by atoms with Gasteiger partial charge in [0.2, 0.25) is 0 Å². The van der Waals surface area contributed by atoms with Crippen molar-refractivity contribution in [3.8, 4) is 0 Å². The van der Waals surface area contributed by atoms with Crippen LogP contribution in [0.25, 0.3) is 0 Å².